The van der Waals surface area contributed by atoms with Crippen LogP contribution in [0.4, 0.5) is 0 Å². The maximum atomic E-state index is 12.7. The SMILES string of the molecule is COc1c(OC2O[C@H](CO)[C@@H](O)[C@H](O)[C@H]2O)cc2oc(-c3ccc(O)c(O)c3)cc(=O)c2c1O. The molecule has 2 heterocycles. The quantitative estimate of drug-likeness (QED) is 0.238. The van der Waals surface area contributed by atoms with Gasteiger partial charge in [-0.25, -0.2) is 0 Å². The zero-order valence-electron chi connectivity index (χ0n) is 17.7. The lowest BCUT2D eigenvalue weighted by atomic mass is 9.99. The Labute approximate surface area is 191 Å². The molecule has 182 valence electrons. The number of methoxy groups -OCH3 is 1. The molecule has 1 aromatic heterocycles. The van der Waals surface area contributed by atoms with E-state index in [1.165, 1.54) is 31.4 Å². The summed E-state index contributed by atoms with van der Waals surface area (Å²) >= 11 is 0. The lowest BCUT2D eigenvalue weighted by Crippen LogP contribution is -2.60. The number of rotatable bonds is 5. The second-order valence-electron chi connectivity index (χ2n) is 7.62. The molecule has 0 aliphatic carbocycles. The lowest BCUT2D eigenvalue weighted by molar-refractivity contribution is -0.277. The van der Waals surface area contributed by atoms with Gasteiger partial charge < -0.3 is 54.4 Å². The first-order chi connectivity index (χ1) is 16.2. The first-order valence-electron chi connectivity index (χ1n) is 10.0. The molecule has 1 aliphatic heterocycles. The zero-order chi connectivity index (χ0) is 24.7. The fraction of sp³-hybridized carbons (Fsp3) is 0.318. The highest BCUT2D eigenvalue weighted by Gasteiger charge is 2.45. The summed E-state index contributed by atoms with van der Waals surface area (Å²) in [5.74, 6) is -1.99. The molecule has 0 bridgehead atoms. The Balaban J connectivity index is 1.80. The van der Waals surface area contributed by atoms with Gasteiger partial charge in [-0.15, -0.1) is 0 Å². The van der Waals surface area contributed by atoms with Crippen molar-refractivity contribution < 1.29 is 54.4 Å². The molecule has 4 rings (SSSR count). The first-order valence-corrected chi connectivity index (χ1v) is 10.0. The molecule has 2 aromatic carbocycles. The summed E-state index contributed by atoms with van der Waals surface area (Å²) in [4.78, 5) is 12.7. The minimum atomic E-state index is -1.74. The maximum Gasteiger partial charge on any atom is 0.229 e. The number of benzene rings is 2. The van der Waals surface area contributed by atoms with E-state index in [0.717, 1.165) is 6.07 Å². The van der Waals surface area contributed by atoms with Gasteiger partial charge in [0, 0.05) is 17.7 Å². The summed E-state index contributed by atoms with van der Waals surface area (Å²) in [6.45, 7) is -0.678. The van der Waals surface area contributed by atoms with Crippen molar-refractivity contribution >= 4 is 11.0 Å². The molecule has 0 spiro atoms. The van der Waals surface area contributed by atoms with E-state index in [-0.39, 0.29) is 39.5 Å². The summed E-state index contributed by atoms with van der Waals surface area (Å²) in [7, 11) is 1.19. The normalized spacial score (nSPS) is 24.8. The van der Waals surface area contributed by atoms with Crippen LogP contribution < -0.4 is 14.9 Å². The fourth-order valence-electron chi connectivity index (χ4n) is 3.66. The van der Waals surface area contributed by atoms with E-state index in [1.807, 2.05) is 0 Å². The van der Waals surface area contributed by atoms with Crippen molar-refractivity contribution in [1.29, 1.82) is 0 Å². The van der Waals surface area contributed by atoms with Crippen molar-refractivity contribution in [1.82, 2.24) is 0 Å². The average Bonchev–Trinajstić information content (AvgIpc) is 2.80. The minimum Gasteiger partial charge on any atom is -0.504 e. The predicted octanol–water partition coefficient (Wildman–Crippen LogP) is -0.236. The number of hydrogen-bond donors (Lipinski definition) is 7. The van der Waals surface area contributed by atoms with Gasteiger partial charge in [0.25, 0.3) is 0 Å². The molecule has 5 atom stereocenters. The number of phenolic OH excluding ortho intramolecular Hbond substituents is 3. The van der Waals surface area contributed by atoms with E-state index in [0.29, 0.717) is 0 Å². The summed E-state index contributed by atoms with van der Waals surface area (Å²) in [5, 5.41) is 69.2. The summed E-state index contributed by atoms with van der Waals surface area (Å²) in [6, 6.07) is 6.03. The molecule has 0 radical (unpaired) electrons. The molecule has 0 saturated carbocycles. The van der Waals surface area contributed by atoms with E-state index in [9.17, 15) is 40.5 Å². The third-order valence-electron chi connectivity index (χ3n) is 5.47. The largest absolute Gasteiger partial charge is 0.504 e. The topological polar surface area (TPSA) is 200 Å². The smallest absolute Gasteiger partial charge is 0.229 e. The van der Waals surface area contributed by atoms with Gasteiger partial charge in [0.1, 0.15) is 41.1 Å². The molecule has 7 N–H and O–H groups in total. The standard InChI is InChI=1S/C22H22O12/c1-31-21-14(33-22-20(30)19(29)17(27)15(7-23)34-22)6-13-16(18(21)28)11(26)5-12(32-13)8-2-3-9(24)10(25)4-8/h2-6,15,17,19-20,22-25,27-30H,7H2,1H3/t15-,17-,19+,20-,22?/m1/s1. The maximum absolute atomic E-state index is 12.7. The average molecular weight is 478 g/mol. The Kier molecular flexibility index (Phi) is 6.25. The minimum absolute atomic E-state index is 0.00356. The van der Waals surface area contributed by atoms with E-state index >= 15 is 0 Å². The highest BCUT2D eigenvalue weighted by Crippen LogP contribution is 2.43. The van der Waals surface area contributed by atoms with E-state index in [2.05, 4.69) is 0 Å². The van der Waals surface area contributed by atoms with E-state index in [4.69, 9.17) is 18.6 Å². The van der Waals surface area contributed by atoms with Crippen LogP contribution in [0.1, 0.15) is 0 Å². The summed E-state index contributed by atoms with van der Waals surface area (Å²) in [6.07, 6.45) is -7.88. The number of hydrogen-bond acceptors (Lipinski definition) is 12. The molecule has 34 heavy (non-hydrogen) atoms. The number of ether oxygens (including phenoxy) is 3. The van der Waals surface area contributed by atoms with Crippen LogP contribution in [0.2, 0.25) is 0 Å². The van der Waals surface area contributed by atoms with Crippen molar-refractivity contribution in [3.8, 4) is 40.1 Å². The van der Waals surface area contributed by atoms with Gasteiger partial charge in [-0.2, -0.15) is 0 Å². The zero-order valence-corrected chi connectivity index (χ0v) is 17.7. The second-order valence-corrected chi connectivity index (χ2v) is 7.62. The van der Waals surface area contributed by atoms with Crippen LogP contribution in [0.3, 0.4) is 0 Å². The summed E-state index contributed by atoms with van der Waals surface area (Å²) in [5.41, 5.74) is -0.562. The number of phenols is 3. The van der Waals surface area contributed by atoms with Gasteiger partial charge in [0.05, 0.1) is 13.7 Å². The third kappa shape index (κ3) is 3.97. The van der Waals surface area contributed by atoms with Gasteiger partial charge in [-0.05, 0) is 18.2 Å². The van der Waals surface area contributed by atoms with Gasteiger partial charge in [0.15, 0.2) is 28.4 Å². The third-order valence-corrected chi connectivity index (χ3v) is 5.47. The molecule has 12 heteroatoms. The Bertz CT molecular complexity index is 1270. The van der Waals surface area contributed by atoms with Crippen LogP contribution in [0, 0.1) is 0 Å². The fourth-order valence-corrected chi connectivity index (χ4v) is 3.66. The van der Waals surface area contributed by atoms with Crippen molar-refractivity contribution in [2.45, 2.75) is 30.7 Å². The number of aliphatic hydroxyl groups is 4. The van der Waals surface area contributed by atoms with Gasteiger partial charge in [0.2, 0.25) is 12.0 Å². The second kappa shape index (κ2) is 9.00. The van der Waals surface area contributed by atoms with Crippen LogP contribution >= 0.6 is 0 Å². The Morgan fingerprint density at radius 1 is 0.971 bits per heavy atom. The molecule has 12 nitrogen and oxygen atoms in total. The molecule has 1 fully saturated rings. The Morgan fingerprint density at radius 3 is 2.35 bits per heavy atom. The first kappa shape index (κ1) is 23.6. The van der Waals surface area contributed by atoms with Crippen LogP contribution in [0.15, 0.2) is 39.5 Å². The van der Waals surface area contributed by atoms with E-state index in [1.54, 1.807) is 0 Å². The molecule has 1 saturated heterocycles. The van der Waals surface area contributed by atoms with Crippen LogP contribution in [-0.2, 0) is 4.74 Å². The van der Waals surface area contributed by atoms with Crippen molar-refractivity contribution in [2.24, 2.45) is 0 Å². The Hall–Kier alpha value is -3.55. The number of aromatic hydroxyl groups is 3. The monoisotopic (exact) mass is 478 g/mol. The molecular weight excluding hydrogens is 456 g/mol. The highest BCUT2D eigenvalue weighted by molar-refractivity contribution is 5.89. The number of aliphatic hydroxyl groups excluding tert-OH is 4. The molecule has 0 amide bonds. The Morgan fingerprint density at radius 2 is 1.71 bits per heavy atom. The van der Waals surface area contributed by atoms with Crippen molar-refractivity contribution in [3.05, 3.63) is 40.6 Å². The van der Waals surface area contributed by atoms with Gasteiger partial charge >= 0.3 is 0 Å². The van der Waals surface area contributed by atoms with Crippen molar-refractivity contribution in [2.75, 3.05) is 13.7 Å². The van der Waals surface area contributed by atoms with Crippen LogP contribution in [-0.4, -0.2) is 80.2 Å². The van der Waals surface area contributed by atoms with Crippen molar-refractivity contribution in [3.63, 3.8) is 0 Å². The molecule has 3 aromatic rings. The summed E-state index contributed by atoms with van der Waals surface area (Å²) < 4.78 is 21.8. The van der Waals surface area contributed by atoms with E-state index < -0.39 is 54.2 Å². The van der Waals surface area contributed by atoms with Gasteiger partial charge in [-0.3, -0.25) is 4.79 Å². The predicted molar refractivity (Wildman–Crippen MR) is 114 cm³/mol. The lowest BCUT2D eigenvalue weighted by Gasteiger charge is -2.39. The number of fused-ring (bicyclic) bond motifs is 1. The van der Waals surface area contributed by atoms with Gasteiger partial charge in [-0.1, -0.05) is 0 Å². The highest BCUT2D eigenvalue weighted by atomic mass is 16.7. The van der Waals surface area contributed by atoms with Crippen LogP contribution in [0.5, 0.6) is 28.7 Å². The molecule has 1 unspecified atom stereocenters. The molecule has 1 aliphatic rings. The van der Waals surface area contributed by atoms with Crippen LogP contribution in [0.25, 0.3) is 22.3 Å². The molecular formula is C22H22O12.